The molecule has 0 saturated carbocycles. The second-order valence-electron chi connectivity index (χ2n) is 5.02. The molecule has 3 rings (SSSR count). The highest BCUT2D eigenvalue weighted by atomic mass is 32.2. The second kappa shape index (κ2) is 5.60. The van der Waals surface area contributed by atoms with Crippen molar-refractivity contribution in [1.29, 1.82) is 0 Å². The molecule has 1 heterocycles. The lowest BCUT2D eigenvalue weighted by Gasteiger charge is -2.18. The van der Waals surface area contributed by atoms with Crippen molar-refractivity contribution in [1.82, 2.24) is 4.31 Å². The second-order valence-corrected chi connectivity index (χ2v) is 6.91. The standard InChI is InChI=1S/C16H17NO3S/c1-13-17(21(18,19)15-10-6-3-7-11-15)12-16(20-13)14-8-4-2-5-9-14/h2-11,13,16H,12H2,1H3. The Labute approximate surface area is 125 Å². The molecular formula is C16H17NO3S. The Morgan fingerprint density at radius 3 is 2.19 bits per heavy atom. The van der Waals surface area contributed by atoms with Gasteiger partial charge in [0.05, 0.1) is 11.0 Å². The van der Waals surface area contributed by atoms with Gasteiger partial charge in [-0.25, -0.2) is 8.42 Å². The fraction of sp³-hybridized carbons (Fsp3) is 0.250. The number of ether oxygens (including phenoxy) is 1. The number of sulfonamides is 1. The fourth-order valence-electron chi connectivity index (χ4n) is 2.53. The predicted octanol–water partition coefficient (Wildman–Crippen LogP) is 2.79. The normalized spacial score (nSPS) is 23.3. The highest BCUT2D eigenvalue weighted by Gasteiger charge is 2.39. The van der Waals surface area contributed by atoms with E-state index < -0.39 is 16.3 Å². The van der Waals surface area contributed by atoms with Gasteiger partial charge in [0.25, 0.3) is 0 Å². The van der Waals surface area contributed by atoms with Crippen molar-refractivity contribution in [3.05, 3.63) is 66.2 Å². The van der Waals surface area contributed by atoms with Crippen molar-refractivity contribution in [2.24, 2.45) is 0 Å². The Bertz CT molecular complexity index is 701. The zero-order valence-corrected chi connectivity index (χ0v) is 12.5. The first-order chi connectivity index (χ1) is 10.1. The number of rotatable bonds is 3. The molecular weight excluding hydrogens is 286 g/mol. The summed E-state index contributed by atoms with van der Waals surface area (Å²) in [7, 11) is -3.52. The summed E-state index contributed by atoms with van der Waals surface area (Å²) >= 11 is 0. The molecule has 21 heavy (non-hydrogen) atoms. The van der Waals surface area contributed by atoms with Gasteiger partial charge in [-0.05, 0) is 24.6 Å². The molecule has 0 radical (unpaired) electrons. The molecule has 1 saturated heterocycles. The fourth-order valence-corrected chi connectivity index (χ4v) is 4.08. The van der Waals surface area contributed by atoms with E-state index in [9.17, 15) is 8.42 Å². The van der Waals surface area contributed by atoms with Crippen LogP contribution in [0.25, 0.3) is 0 Å². The van der Waals surface area contributed by atoms with Crippen molar-refractivity contribution in [2.75, 3.05) is 6.54 Å². The van der Waals surface area contributed by atoms with Crippen LogP contribution in [0.5, 0.6) is 0 Å². The molecule has 1 aliphatic rings. The maximum absolute atomic E-state index is 12.7. The van der Waals surface area contributed by atoms with Crippen LogP contribution in [0.4, 0.5) is 0 Å². The quantitative estimate of drug-likeness (QED) is 0.876. The molecule has 0 N–H and O–H groups in total. The van der Waals surface area contributed by atoms with Crippen molar-refractivity contribution in [2.45, 2.75) is 24.2 Å². The van der Waals surface area contributed by atoms with Crippen molar-refractivity contribution >= 4 is 10.0 Å². The van der Waals surface area contributed by atoms with Gasteiger partial charge in [0.15, 0.2) is 0 Å². The zero-order valence-electron chi connectivity index (χ0n) is 11.7. The summed E-state index contributed by atoms with van der Waals surface area (Å²) in [4.78, 5) is 0.300. The minimum atomic E-state index is -3.52. The van der Waals surface area contributed by atoms with Crippen molar-refractivity contribution < 1.29 is 13.2 Å². The smallest absolute Gasteiger partial charge is 0.245 e. The van der Waals surface area contributed by atoms with E-state index in [1.807, 2.05) is 30.3 Å². The van der Waals surface area contributed by atoms with Crippen LogP contribution in [-0.4, -0.2) is 25.5 Å². The van der Waals surface area contributed by atoms with Gasteiger partial charge >= 0.3 is 0 Å². The highest BCUT2D eigenvalue weighted by molar-refractivity contribution is 7.89. The Kier molecular flexibility index (Phi) is 3.80. The summed E-state index contributed by atoms with van der Waals surface area (Å²) < 4.78 is 32.6. The molecule has 2 aromatic carbocycles. The van der Waals surface area contributed by atoms with Gasteiger partial charge in [0.2, 0.25) is 10.0 Å². The van der Waals surface area contributed by atoms with Crippen LogP contribution in [0.2, 0.25) is 0 Å². The van der Waals surface area contributed by atoms with E-state index in [0.717, 1.165) is 5.56 Å². The Morgan fingerprint density at radius 2 is 1.57 bits per heavy atom. The molecule has 1 fully saturated rings. The van der Waals surface area contributed by atoms with Gasteiger partial charge in [-0.2, -0.15) is 4.31 Å². The maximum Gasteiger partial charge on any atom is 0.245 e. The molecule has 2 aromatic rings. The molecule has 0 spiro atoms. The number of hydrogen-bond donors (Lipinski definition) is 0. The van der Waals surface area contributed by atoms with Gasteiger partial charge in [0, 0.05) is 6.54 Å². The van der Waals surface area contributed by atoms with E-state index in [0.29, 0.717) is 11.4 Å². The largest absolute Gasteiger partial charge is 0.353 e. The molecule has 0 aromatic heterocycles. The van der Waals surface area contributed by atoms with Gasteiger partial charge in [0.1, 0.15) is 6.23 Å². The van der Waals surface area contributed by atoms with Gasteiger partial charge in [-0.15, -0.1) is 0 Å². The number of nitrogens with zero attached hydrogens (tertiary/aromatic N) is 1. The van der Waals surface area contributed by atoms with Crippen LogP contribution in [0.15, 0.2) is 65.6 Å². The molecule has 110 valence electrons. The monoisotopic (exact) mass is 303 g/mol. The molecule has 0 bridgehead atoms. The first kappa shape index (κ1) is 14.3. The minimum absolute atomic E-state index is 0.223. The van der Waals surface area contributed by atoms with Crippen molar-refractivity contribution in [3.8, 4) is 0 Å². The molecule has 2 atom stereocenters. The lowest BCUT2D eigenvalue weighted by Crippen LogP contribution is -2.34. The predicted molar refractivity (Wildman–Crippen MR) is 80.1 cm³/mol. The van der Waals surface area contributed by atoms with E-state index in [-0.39, 0.29) is 6.10 Å². The lowest BCUT2D eigenvalue weighted by atomic mass is 10.1. The third-order valence-electron chi connectivity index (χ3n) is 3.63. The number of hydrogen-bond acceptors (Lipinski definition) is 3. The minimum Gasteiger partial charge on any atom is -0.353 e. The molecule has 5 heteroatoms. The van der Waals surface area contributed by atoms with Crippen LogP contribution in [0, 0.1) is 0 Å². The Morgan fingerprint density at radius 1 is 1.00 bits per heavy atom. The third kappa shape index (κ3) is 2.72. The number of benzene rings is 2. The lowest BCUT2D eigenvalue weighted by molar-refractivity contribution is 0.0344. The summed E-state index contributed by atoms with van der Waals surface area (Å²) in [6, 6.07) is 18.2. The van der Waals surface area contributed by atoms with Crippen molar-refractivity contribution in [3.63, 3.8) is 0 Å². The summed E-state index contributed by atoms with van der Waals surface area (Å²) in [6.07, 6.45) is -0.694. The Hall–Kier alpha value is -1.69. The van der Waals surface area contributed by atoms with Gasteiger partial charge in [-0.3, -0.25) is 0 Å². The molecule has 0 amide bonds. The topological polar surface area (TPSA) is 46.6 Å². The molecule has 0 aliphatic carbocycles. The van der Waals surface area contributed by atoms with Crippen LogP contribution >= 0.6 is 0 Å². The summed E-state index contributed by atoms with van der Waals surface area (Å²) in [5.41, 5.74) is 0.995. The first-order valence-corrected chi connectivity index (χ1v) is 8.30. The SMILES string of the molecule is CC1OC(c2ccccc2)CN1S(=O)(=O)c1ccccc1. The van der Waals surface area contributed by atoms with E-state index >= 15 is 0 Å². The summed E-state index contributed by atoms with van der Waals surface area (Å²) in [5, 5.41) is 0. The first-order valence-electron chi connectivity index (χ1n) is 6.86. The Balaban J connectivity index is 1.87. The van der Waals surface area contributed by atoms with E-state index in [1.165, 1.54) is 4.31 Å². The molecule has 2 unspecified atom stereocenters. The van der Waals surface area contributed by atoms with Gasteiger partial charge in [-0.1, -0.05) is 48.5 Å². The molecule has 1 aliphatic heterocycles. The summed E-state index contributed by atoms with van der Waals surface area (Å²) in [6.45, 7) is 2.10. The summed E-state index contributed by atoms with van der Waals surface area (Å²) in [5.74, 6) is 0. The zero-order chi connectivity index (χ0) is 14.9. The van der Waals surface area contributed by atoms with Crippen LogP contribution in [0.1, 0.15) is 18.6 Å². The molecule has 4 nitrogen and oxygen atoms in total. The van der Waals surface area contributed by atoms with Crippen LogP contribution < -0.4 is 0 Å². The van der Waals surface area contributed by atoms with E-state index in [2.05, 4.69) is 0 Å². The average Bonchev–Trinajstić information content (AvgIpc) is 2.92. The maximum atomic E-state index is 12.7. The van der Waals surface area contributed by atoms with E-state index in [4.69, 9.17) is 4.74 Å². The highest BCUT2D eigenvalue weighted by Crippen LogP contribution is 2.32. The average molecular weight is 303 g/mol. The van der Waals surface area contributed by atoms with E-state index in [1.54, 1.807) is 37.3 Å². The van der Waals surface area contributed by atoms with Gasteiger partial charge < -0.3 is 4.74 Å². The van der Waals surface area contributed by atoms with Crippen LogP contribution in [0.3, 0.4) is 0 Å². The van der Waals surface area contributed by atoms with Crippen LogP contribution in [-0.2, 0) is 14.8 Å². The third-order valence-corrected chi connectivity index (χ3v) is 5.56.